The normalized spacial score (nSPS) is 19.2. The Kier molecular flexibility index (Phi) is 4.15. The summed E-state index contributed by atoms with van der Waals surface area (Å²) in [5.41, 5.74) is 5.88. The first-order chi connectivity index (χ1) is 8.72. The van der Waals surface area contributed by atoms with Crippen LogP contribution in [0.4, 0.5) is 0 Å². The number of aromatic amines is 1. The molecule has 0 bridgehead atoms. The highest BCUT2D eigenvalue weighted by Crippen LogP contribution is 2.22. The molecule has 1 saturated heterocycles. The van der Waals surface area contributed by atoms with Crippen molar-refractivity contribution in [2.45, 2.75) is 31.7 Å². The maximum atomic E-state index is 12.3. The second kappa shape index (κ2) is 5.82. The average Bonchev–Trinajstić information content (AvgIpc) is 2.84. The fraction of sp³-hybridized carbons (Fsp3) is 0.538. The Hall–Kier alpha value is -1.62. The molecule has 1 aromatic heterocycles. The number of likely N-dealkylation sites (tertiary alicyclic amines) is 1. The zero-order valence-corrected chi connectivity index (χ0v) is 10.4. The molecule has 5 heteroatoms. The molecule has 0 aromatic carbocycles. The second-order valence-corrected chi connectivity index (χ2v) is 4.67. The van der Waals surface area contributed by atoms with Gasteiger partial charge in [-0.25, -0.2) is 0 Å². The van der Waals surface area contributed by atoms with E-state index < -0.39 is 0 Å². The highest BCUT2D eigenvalue weighted by atomic mass is 16.2. The van der Waals surface area contributed by atoms with Crippen LogP contribution in [0.2, 0.25) is 0 Å². The SMILES string of the molecule is NCCCC1CCCN1C(=O)c1ccc(=O)[nH]c1. The van der Waals surface area contributed by atoms with Crippen LogP contribution in [0.5, 0.6) is 0 Å². The molecule has 1 unspecified atom stereocenters. The predicted octanol–water partition coefficient (Wildman–Crippen LogP) is 0.718. The fourth-order valence-corrected chi connectivity index (χ4v) is 2.47. The van der Waals surface area contributed by atoms with Crippen molar-refractivity contribution in [3.8, 4) is 0 Å². The van der Waals surface area contributed by atoms with Crippen LogP contribution < -0.4 is 11.3 Å². The molecule has 0 spiro atoms. The summed E-state index contributed by atoms with van der Waals surface area (Å²) in [7, 11) is 0. The molecule has 18 heavy (non-hydrogen) atoms. The number of nitrogens with one attached hydrogen (secondary N) is 1. The minimum Gasteiger partial charge on any atom is -0.336 e. The van der Waals surface area contributed by atoms with Gasteiger partial charge < -0.3 is 15.6 Å². The Morgan fingerprint density at radius 3 is 3.00 bits per heavy atom. The lowest BCUT2D eigenvalue weighted by Gasteiger charge is -2.24. The van der Waals surface area contributed by atoms with E-state index in [0.717, 1.165) is 32.2 Å². The van der Waals surface area contributed by atoms with Crippen LogP contribution in [0, 0.1) is 0 Å². The van der Waals surface area contributed by atoms with Gasteiger partial charge in [0.15, 0.2) is 0 Å². The maximum Gasteiger partial charge on any atom is 0.255 e. The Bertz CT molecular complexity index is 449. The maximum absolute atomic E-state index is 12.3. The Morgan fingerprint density at radius 1 is 1.50 bits per heavy atom. The first kappa shape index (κ1) is 12.8. The van der Waals surface area contributed by atoms with Crippen molar-refractivity contribution in [2.75, 3.05) is 13.1 Å². The first-order valence-electron chi connectivity index (χ1n) is 6.42. The standard InChI is InChI=1S/C13H19N3O2/c14-7-1-3-11-4-2-8-16(11)13(18)10-5-6-12(17)15-9-10/h5-6,9,11H,1-4,7-8,14H2,(H,15,17). The van der Waals surface area contributed by atoms with E-state index in [-0.39, 0.29) is 11.5 Å². The zero-order valence-electron chi connectivity index (χ0n) is 10.4. The van der Waals surface area contributed by atoms with Crippen molar-refractivity contribution in [3.05, 3.63) is 34.2 Å². The molecular formula is C13H19N3O2. The number of pyridine rings is 1. The van der Waals surface area contributed by atoms with E-state index >= 15 is 0 Å². The van der Waals surface area contributed by atoms with E-state index in [2.05, 4.69) is 4.98 Å². The van der Waals surface area contributed by atoms with Gasteiger partial charge in [0.2, 0.25) is 5.56 Å². The van der Waals surface area contributed by atoms with Gasteiger partial charge in [0.05, 0.1) is 5.56 Å². The van der Waals surface area contributed by atoms with Gasteiger partial charge >= 0.3 is 0 Å². The third-order valence-electron chi connectivity index (χ3n) is 3.41. The van der Waals surface area contributed by atoms with Crippen molar-refractivity contribution in [1.82, 2.24) is 9.88 Å². The van der Waals surface area contributed by atoms with Crippen LogP contribution in [0.15, 0.2) is 23.1 Å². The lowest BCUT2D eigenvalue weighted by Crippen LogP contribution is -2.36. The van der Waals surface area contributed by atoms with Gasteiger partial charge in [-0.2, -0.15) is 0 Å². The summed E-state index contributed by atoms with van der Waals surface area (Å²) in [6, 6.07) is 3.27. The summed E-state index contributed by atoms with van der Waals surface area (Å²) in [6.45, 7) is 1.46. The molecular weight excluding hydrogens is 230 g/mol. The molecule has 1 aromatic rings. The molecule has 0 saturated carbocycles. The fourth-order valence-electron chi connectivity index (χ4n) is 2.47. The van der Waals surface area contributed by atoms with E-state index in [4.69, 9.17) is 5.73 Å². The third kappa shape index (κ3) is 2.79. The number of hydrogen-bond acceptors (Lipinski definition) is 3. The van der Waals surface area contributed by atoms with Crippen molar-refractivity contribution in [3.63, 3.8) is 0 Å². The molecule has 98 valence electrons. The highest BCUT2D eigenvalue weighted by molar-refractivity contribution is 5.94. The summed E-state index contributed by atoms with van der Waals surface area (Å²) in [5, 5.41) is 0. The number of carbonyl (C=O) groups is 1. The lowest BCUT2D eigenvalue weighted by molar-refractivity contribution is 0.0729. The van der Waals surface area contributed by atoms with E-state index in [9.17, 15) is 9.59 Å². The second-order valence-electron chi connectivity index (χ2n) is 4.67. The molecule has 1 aliphatic rings. The quantitative estimate of drug-likeness (QED) is 0.825. The molecule has 3 N–H and O–H groups in total. The molecule has 2 heterocycles. The average molecular weight is 249 g/mol. The van der Waals surface area contributed by atoms with Gasteiger partial charge in [-0.05, 0) is 38.3 Å². The summed E-state index contributed by atoms with van der Waals surface area (Å²) < 4.78 is 0. The number of carbonyl (C=O) groups excluding carboxylic acids is 1. The minimum absolute atomic E-state index is 0.00534. The molecule has 0 radical (unpaired) electrons. The Labute approximate surface area is 106 Å². The van der Waals surface area contributed by atoms with Crippen LogP contribution in [0.1, 0.15) is 36.0 Å². The minimum atomic E-state index is -0.187. The van der Waals surface area contributed by atoms with Crippen LogP contribution in [0.3, 0.4) is 0 Å². The monoisotopic (exact) mass is 249 g/mol. The van der Waals surface area contributed by atoms with Gasteiger partial charge in [0.25, 0.3) is 5.91 Å². The number of nitrogens with zero attached hydrogens (tertiary/aromatic N) is 1. The third-order valence-corrected chi connectivity index (χ3v) is 3.41. The summed E-state index contributed by atoms with van der Waals surface area (Å²) in [5.74, 6) is 0.00534. The Balaban J connectivity index is 2.07. The van der Waals surface area contributed by atoms with Gasteiger partial charge in [-0.1, -0.05) is 0 Å². The topological polar surface area (TPSA) is 79.2 Å². The molecule has 1 atom stereocenters. The van der Waals surface area contributed by atoms with Crippen molar-refractivity contribution < 1.29 is 4.79 Å². The van der Waals surface area contributed by atoms with Crippen LogP contribution in [-0.2, 0) is 0 Å². The first-order valence-corrected chi connectivity index (χ1v) is 6.42. The Morgan fingerprint density at radius 2 is 2.33 bits per heavy atom. The number of amides is 1. The van der Waals surface area contributed by atoms with Crippen LogP contribution in [0.25, 0.3) is 0 Å². The van der Waals surface area contributed by atoms with Gasteiger partial charge in [-0.3, -0.25) is 9.59 Å². The van der Waals surface area contributed by atoms with E-state index in [1.165, 1.54) is 12.3 Å². The number of hydrogen-bond donors (Lipinski definition) is 2. The number of aromatic nitrogens is 1. The molecule has 1 fully saturated rings. The van der Waals surface area contributed by atoms with Crippen molar-refractivity contribution >= 4 is 5.91 Å². The van der Waals surface area contributed by atoms with E-state index in [1.807, 2.05) is 4.90 Å². The van der Waals surface area contributed by atoms with E-state index in [0.29, 0.717) is 18.2 Å². The van der Waals surface area contributed by atoms with Crippen LogP contribution >= 0.6 is 0 Å². The smallest absolute Gasteiger partial charge is 0.255 e. The summed E-state index contributed by atoms with van der Waals surface area (Å²) in [6.07, 6.45) is 5.49. The molecule has 0 aliphatic carbocycles. The number of H-pyrrole nitrogens is 1. The van der Waals surface area contributed by atoms with Crippen molar-refractivity contribution in [2.24, 2.45) is 5.73 Å². The molecule has 2 rings (SSSR count). The zero-order chi connectivity index (χ0) is 13.0. The molecule has 1 aliphatic heterocycles. The predicted molar refractivity (Wildman–Crippen MR) is 69.4 cm³/mol. The summed E-state index contributed by atoms with van der Waals surface area (Å²) >= 11 is 0. The number of rotatable bonds is 4. The highest BCUT2D eigenvalue weighted by Gasteiger charge is 2.28. The largest absolute Gasteiger partial charge is 0.336 e. The van der Waals surface area contributed by atoms with Gasteiger partial charge in [-0.15, -0.1) is 0 Å². The van der Waals surface area contributed by atoms with E-state index in [1.54, 1.807) is 6.07 Å². The van der Waals surface area contributed by atoms with Crippen LogP contribution in [-0.4, -0.2) is 34.9 Å². The van der Waals surface area contributed by atoms with Crippen molar-refractivity contribution in [1.29, 1.82) is 0 Å². The number of nitrogens with two attached hydrogens (primary N) is 1. The van der Waals surface area contributed by atoms with Gasteiger partial charge in [0, 0.05) is 24.8 Å². The molecule has 5 nitrogen and oxygen atoms in total. The summed E-state index contributed by atoms with van der Waals surface area (Å²) in [4.78, 5) is 27.7. The lowest BCUT2D eigenvalue weighted by atomic mass is 10.1. The van der Waals surface area contributed by atoms with Gasteiger partial charge in [0.1, 0.15) is 0 Å². The molecule has 1 amide bonds.